The number of nitrogens with zero attached hydrogens (tertiary/aromatic N) is 1. The van der Waals surface area contributed by atoms with Crippen molar-refractivity contribution in [1.82, 2.24) is 0 Å². The summed E-state index contributed by atoms with van der Waals surface area (Å²) in [5, 5.41) is 9.14. The van der Waals surface area contributed by atoms with E-state index in [2.05, 4.69) is 4.84 Å². The molecule has 0 N–H and O–H groups in total. The summed E-state index contributed by atoms with van der Waals surface area (Å²) in [5.74, 6) is 0.376. The third-order valence-electron chi connectivity index (χ3n) is 1.15. The fourth-order valence-electron chi connectivity index (χ4n) is 0.673. The Morgan fingerprint density at radius 1 is 1.45 bits per heavy atom. The Hall–Kier alpha value is -0.645. The van der Waals surface area contributed by atoms with Crippen LogP contribution in [-0.2, 0) is 26.1 Å². The third kappa shape index (κ3) is 2.46. The quantitative estimate of drug-likeness (QED) is 0.446. The van der Waals surface area contributed by atoms with Crippen molar-refractivity contribution in [2.75, 3.05) is 0 Å². The van der Waals surface area contributed by atoms with Crippen molar-refractivity contribution in [1.29, 1.82) is 0 Å². The summed E-state index contributed by atoms with van der Waals surface area (Å²) in [7, 11) is 0. The van der Waals surface area contributed by atoms with Gasteiger partial charge in [0.25, 0.3) is 0 Å². The number of benzene rings is 1. The van der Waals surface area contributed by atoms with Crippen LogP contribution in [0.25, 0.3) is 0 Å². The standard InChI is InChI=1S/C6H4NO3.Hg/c8-7(9)10-6-4-2-1-3-5-6;/h1-4H;. The first kappa shape index (κ1) is 8.45. The monoisotopic (exact) mass is 340 g/mol. The molecule has 0 fully saturated rings. The molecule has 0 aliphatic heterocycles. The first-order chi connectivity index (χ1) is 5.20. The summed E-state index contributed by atoms with van der Waals surface area (Å²) in [6.07, 6.45) is 0. The molecule has 0 aliphatic rings. The van der Waals surface area contributed by atoms with E-state index in [1.165, 1.54) is 0 Å². The van der Waals surface area contributed by atoms with E-state index in [4.69, 9.17) is 0 Å². The molecular formula is C6H4HgNO3. The van der Waals surface area contributed by atoms with E-state index in [1.807, 2.05) is 12.1 Å². The SMILES string of the molecule is O=[N+]([O-])Oc1cccc[c]1[Hg]. The van der Waals surface area contributed by atoms with Crippen LogP contribution in [0, 0.1) is 10.1 Å². The second-order valence-corrected chi connectivity index (χ2v) is 4.88. The van der Waals surface area contributed by atoms with Crippen LogP contribution in [0.5, 0.6) is 5.75 Å². The molecule has 0 aliphatic carbocycles. The molecule has 0 saturated heterocycles. The second-order valence-electron chi connectivity index (χ2n) is 1.92. The first-order valence-corrected chi connectivity index (χ1v) is 5.68. The minimum atomic E-state index is -0.786. The Balaban J connectivity index is 2.86. The van der Waals surface area contributed by atoms with Gasteiger partial charge < -0.3 is 0 Å². The molecule has 1 aromatic rings. The van der Waals surface area contributed by atoms with Crippen LogP contribution in [0.4, 0.5) is 0 Å². The number of para-hydroxylation sites is 1. The van der Waals surface area contributed by atoms with Crippen molar-refractivity contribution in [3.8, 4) is 5.75 Å². The van der Waals surface area contributed by atoms with E-state index in [0.717, 1.165) is 3.07 Å². The maximum atomic E-state index is 9.93. The van der Waals surface area contributed by atoms with Gasteiger partial charge in [0, 0.05) is 0 Å². The van der Waals surface area contributed by atoms with Crippen LogP contribution in [0.1, 0.15) is 0 Å². The molecule has 0 unspecified atom stereocenters. The Morgan fingerprint density at radius 3 is 2.64 bits per heavy atom. The molecule has 0 saturated carbocycles. The summed E-state index contributed by atoms with van der Waals surface area (Å²) in [6, 6.07) is 7.00. The summed E-state index contributed by atoms with van der Waals surface area (Å²) in [4.78, 5) is 14.2. The Labute approximate surface area is 79.2 Å². The first-order valence-electron chi connectivity index (χ1n) is 2.93. The van der Waals surface area contributed by atoms with Gasteiger partial charge in [-0.15, -0.1) is 0 Å². The van der Waals surface area contributed by atoms with Crippen LogP contribution in [-0.4, -0.2) is 5.09 Å². The third-order valence-corrected chi connectivity index (χ3v) is 3.42. The molecule has 0 aromatic heterocycles. The van der Waals surface area contributed by atoms with Crippen molar-refractivity contribution in [3.05, 3.63) is 34.4 Å². The van der Waals surface area contributed by atoms with Gasteiger partial charge in [-0.2, -0.15) is 0 Å². The maximum absolute atomic E-state index is 9.93. The predicted octanol–water partition coefficient (Wildman–Crippen LogP) is 0.429. The summed E-state index contributed by atoms with van der Waals surface area (Å²) < 4.78 is 0.948. The van der Waals surface area contributed by atoms with Gasteiger partial charge in [0.2, 0.25) is 0 Å². The Kier molecular flexibility index (Phi) is 2.81. The van der Waals surface area contributed by atoms with Crippen LogP contribution < -0.4 is 7.91 Å². The van der Waals surface area contributed by atoms with Gasteiger partial charge in [-0.1, -0.05) is 0 Å². The van der Waals surface area contributed by atoms with E-state index < -0.39 is 5.09 Å². The minimum absolute atomic E-state index is 0.353. The zero-order valence-electron chi connectivity index (χ0n) is 5.69. The number of hydrogen-bond acceptors (Lipinski definition) is 3. The molecule has 1 aromatic carbocycles. The van der Waals surface area contributed by atoms with Gasteiger partial charge in [0.15, 0.2) is 0 Å². The van der Waals surface area contributed by atoms with Crippen LogP contribution in [0.2, 0.25) is 0 Å². The van der Waals surface area contributed by atoms with Crippen molar-refractivity contribution in [3.63, 3.8) is 0 Å². The van der Waals surface area contributed by atoms with Gasteiger partial charge >= 0.3 is 79.2 Å². The molecule has 0 radical (unpaired) electrons. The topological polar surface area (TPSA) is 52.4 Å². The van der Waals surface area contributed by atoms with Crippen molar-refractivity contribution in [2.24, 2.45) is 0 Å². The van der Waals surface area contributed by atoms with Crippen molar-refractivity contribution < 1.29 is 36.0 Å². The number of rotatable bonds is 2. The van der Waals surface area contributed by atoms with E-state index >= 15 is 0 Å². The zero-order valence-corrected chi connectivity index (χ0v) is 11.2. The Morgan fingerprint density at radius 2 is 2.09 bits per heavy atom. The number of hydrogen-bond donors (Lipinski definition) is 0. The predicted molar refractivity (Wildman–Crippen MR) is 33.7 cm³/mol. The van der Waals surface area contributed by atoms with Gasteiger partial charge in [0.05, 0.1) is 0 Å². The molecule has 4 nitrogen and oxygen atoms in total. The summed E-state index contributed by atoms with van der Waals surface area (Å²) in [5.41, 5.74) is 0. The Bertz CT molecular complexity index is 276. The van der Waals surface area contributed by atoms with E-state index in [1.54, 1.807) is 12.1 Å². The molecular weight excluding hydrogens is 335 g/mol. The molecule has 0 heterocycles. The summed E-state index contributed by atoms with van der Waals surface area (Å²) >= 11 is 0.353. The molecule has 0 bridgehead atoms. The molecule has 11 heavy (non-hydrogen) atoms. The van der Waals surface area contributed by atoms with E-state index in [-0.39, 0.29) is 0 Å². The van der Waals surface area contributed by atoms with Crippen molar-refractivity contribution >= 4 is 3.07 Å². The van der Waals surface area contributed by atoms with Gasteiger partial charge in [-0.05, 0) is 0 Å². The zero-order chi connectivity index (χ0) is 8.27. The molecule has 0 atom stereocenters. The molecule has 53 valence electrons. The normalized spacial score (nSPS) is 9.27. The van der Waals surface area contributed by atoms with E-state index in [9.17, 15) is 10.1 Å². The molecule has 5 heteroatoms. The van der Waals surface area contributed by atoms with Gasteiger partial charge in [-0.3, -0.25) is 0 Å². The average Bonchev–Trinajstić information content (AvgIpc) is 1.93. The van der Waals surface area contributed by atoms with E-state index in [0.29, 0.717) is 31.9 Å². The van der Waals surface area contributed by atoms with Crippen LogP contribution in [0.3, 0.4) is 0 Å². The van der Waals surface area contributed by atoms with Gasteiger partial charge in [-0.25, -0.2) is 0 Å². The molecule has 0 spiro atoms. The molecule has 1 rings (SSSR count). The summed E-state index contributed by atoms with van der Waals surface area (Å²) in [6.45, 7) is 0. The average molecular weight is 339 g/mol. The fraction of sp³-hybridized carbons (Fsp3) is 0. The van der Waals surface area contributed by atoms with Crippen LogP contribution in [0.15, 0.2) is 24.3 Å². The van der Waals surface area contributed by atoms with Crippen LogP contribution >= 0.6 is 0 Å². The molecule has 0 amide bonds. The second kappa shape index (κ2) is 3.66. The van der Waals surface area contributed by atoms with Crippen molar-refractivity contribution in [2.45, 2.75) is 0 Å². The van der Waals surface area contributed by atoms with Gasteiger partial charge in [0.1, 0.15) is 0 Å². The fourth-order valence-corrected chi connectivity index (χ4v) is 1.91.